The van der Waals surface area contributed by atoms with Crippen LogP contribution in [0.2, 0.25) is 5.02 Å². The van der Waals surface area contributed by atoms with E-state index in [-0.39, 0.29) is 17.2 Å². The molecule has 0 spiro atoms. The number of hydrogen-bond donors (Lipinski definition) is 1. The first kappa shape index (κ1) is 14.7. The Kier molecular flexibility index (Phi) is 5.13. The van der Waals surface area contributed by atoms with Crippen LogP contribution in [0.3, 0.4) is 0 Å². The van der Waals surface area contributed by atoms with Crippen molar-refractivity contribution in [3.63, 3.8) is 0 Å². The first-order valence-corrected chi connectivity index (χ1v) is 7.79. The molecule has 1 amide bonds. The van der Waals surface area contributed by atoms with Crippen molar-refractivity contribution in [1.29, 1.82) is 0 Å². The van der Waals surface area contributed by atoms with Gasteiger partial charge < -0.3 is 10.6 Å². The van der Waals surface area contributed by atoms with Crippen LogP contribution in [0.5, 0.6) is 0 Å². The molecule has 1 heterocycles. The second-order valence-corrected chi connectivity index (χ2v) is 6.67. The molecular weight excluding hydrogens is 280 g/mol. The molecule has 0 bridgehead atoms. The molecule has 2 rings (SSSR count). The van der Waals surface area contributed by atoms with Crippen molar-refractivity contribution in [3.05, 3.63) is 29.3 Å². The summed E-state index contributed by atoms with van der Waals surface area (Å²) in [6, 6.07) is 7.73. The van der Waals surface area contributed by atoms with Crippen molar-refractivity contribution < 1.29 is 4.79 Å². The van der Waals surface area contributed by atoms with Crippen molar-refractivity contribution in [2.75, 3.05) is 13.1 Å². The average Bonchev–Trinajstić information content (AvgIpc) is 2.40. The first-order chi connectivity index (χ1) is 9.08. The summed E-state index contributed by atoms with van der Waals surface area (Å²) in [5.74, 6) is 0.153. The van der Waals surface area contributed by atoms with Gasteiger partial charge in [0.2, 0.25) is 5.91 Å². The van der Waals surface area contributed by atoms with Gasteiger partial charge in [-0.15, -0.1) is 11.8 Å². The lowest BCUT2D eigenvalue weighted by Crippen LogP contribution is -2.48. The Labute approximate surface area is 123 Å². The number of benzene rings is 1. The summed E-state index contributed by atoms with van der Waals surface area (Å²) in [4.78, 5) is 15.2. The highest BCUT2D eigenvalue weighted by molar-refractivity contribution is 8.00. The minimum absolute atomic E-state index is 0.121. The zero-order chi connectivity index (χ0) is 13.8. The van der Waals surface area contributed by atoms with E-state index in [0.29, 0.717) is 11.6 Å². The van der Waals surface area contributed by atoms with Crippen molar-refractivity contribution in [1.82, 2.24) is 4.90 Å². The molecule has 1 aliphatic rings. The molecule has 1 saturated heterocycles. The summed E-state index contributed by atoms with van der Waals surface area (Å²) in [5, 5.41) is 0.563. The number of carbonyl (C=O) groups is 1. The maximum Gasteiger partial charge on any atom is 0.235 e. The SMILES string of the molecule is CC(Sc1ccccc1Cl)C(=O)N1CCCC(N)C1. The van der Waals surface area contributed by atoms with E-state index >= 15 is 0 Å². The second kappa shape index (κ2) is 6.64. The minimum atomic E-state index is -0.134. The first-order valence-electron chi connectivity index (χ1n) is 6.53. The third-order valence-corrected chi connectivity index (χ3v) is 4.86. The van der Waals surface area contributed by atoms with Crippen molar-refractivity contribution in [2.24, 2.45) is 5.73 Å². The van der Waals surface area contributed by atoms with Crippen LogP contribution in [-0.4, -0.2) is 35.2 Å². The van der Waals surface area contributed by atoms with Gasteiger partial charge in [-0.2, -0.15) is 0 Å². The van der Waals surface area contributed by atoms with Crippen LogP contribution in [0.15, 0.2) is 29.2 Å². The predicted molar refractivity (Wildman–Crippen MR) is 80.6 cm³/mol. The molecule has 2 atom stereocenters. The zero-order valence-corrected chi connectivity index (χ0v) is 12.6. The molecule has 0 radical (unpaired) electrons. The van der Waals surface area contributed by atoms with Gasteiger partial charge in [-0.25, -0.2) is 0 Å². The number of piperidine rings is 1. The third-order valence-electron chi connectivity index (χ3n) is 3.26. The Hall–Kier alpha value is -0.710. The fourth-order valence-electron chi connectivity index (χ4n) is 2.25. The minimum Gasteiger partial charge on any atom is -0.340 e. The van der Waals surface area contributed by atoms with E-state index < -0.39 is 0 Å². The van der Waals surface area contributed by atoms with Crippen LogP contribution in [-0.2, 0) is 4.79 Å². The van der Waals surface area contributed by atoms with Gasteiger partial charge in [0.05, 0.1) is 10.3 Å². The van der Waals surface area contributed by atoms with Crippen LogP contribution in [0, 0.1) is 0 Å². The number of nitrogens with zero attached hydrogens (tertiary/aromatic N) is 1. The molecule has 2 N–H and O–H groups in total. The standard InChI is InChI=1S/C14H19ClN2OS/c1-10(19-13-7-3-2-6-12(13)15)14(18)17-8-4-5-11(16)9-17/h2-3,6-7,10-11H,4-5,8-9,16H2,1H3. The Morgan fingerprint density at radius 1 is 1.53 bits per heavy atom. The molecule has 2 unspecified atom stereocenters. The second-order valence-electron chi connectivity index (χ2n) is 4.88. The predicted octanol–water partition coefficient (Wildman–Crippen LogP) is 2.77. The Bertz CT molecular complexity index is 455. The van der Waals surface area contributed by atoms with Gasteiger partial charge in [-0.1, -0.05) is 23.7 Å². The maximum atomic E-state index is 12.4. The lowest BCUT2D eigenvalue weighted by atomic mass is 10.1. The number of amides is 1. The van der Waals surface area contributed by atoms with Gasteiger partial charge in [0.1, 0.15) is 0 Å². The summed E-state index contributed by atoms with van der Waals surface area (Å²) in [7, 11) is 0. The molecule has 0 aliphatic carbocycles. The Balaban J connectivity index is 1.97. The van der Waals surface area contributed by atoms with Gasteiger partial charge >= 0.3 is 0 Å². The molecular formula is C14H19ClN2OS. The largest absolute Gasteiger partial charge is 0.340 e. The Morgan fingerprint density at radius 3 is 2.95 bits per heavy atom. The summed E-state index contributed by atoms with van der Waals surface area (Å²) in [6.45, 7) is 3.42. The number of halogens is 1. The summed E-state index contributed by atoms with van der Waals surface area (Å²) >= 11 is 7.63. The number of rotatable bonds is 3. The number of thioether (sulfide) groups is 1. The van der Waals surface area contributed by atoms with E-state index in [1.807, 2.05) is 36.1 Å². The number of hydrogen-bond acceptors (Lipinski definition) is 3. The molecule has 5 heteroatoms. The van der Waals surface area contributed by atoms with Crippen LogP contribution in [0.4, 0.5) is 0 Å². The molecule has 19 heavy (non-hydrogen) atoms. The zero-order valence-electron chi connectivity index (χ0n) is 11.0. The summed E-state index contributed by atoms with van der Waals surface area (Å²) in [6.07, 6.45) is 2.01. The van der Waals surface area contributed by atoms with E-state index in [1.165, 1.54) is 11.8 Å². The molecule has 1 aromatic carbocycles. The normalized spacial score (nSPS) is 21.2. The van der Waals surface area contributed by atoms with E-state index in [1.54, 1.807) is 0 Å². The topological polar surface area (TPSA) is 46.3 Å². The fourth-order valence-corrected chi connectivity index (χ4v) is 3.49. The van der Waals surface area contributed by atoms with Crippen LogP contribution in [0.25, 0.3) is 0 Å². The highest BCUT2D eigenvalue weighted by atomic mass is 35.5. The van der Waals surface area contributed by atoms with Crippen molar-refractivity contribution >= 4 is 29.3 Å². The molecule has 1 aliphatic heterocycles. The lowest BCUT2D eigenvalue weighted by Gasteiger charge is -2.32. The number of likely N-dealkylation sites (tertiary alicyclic amines) is 1. The maximum absolute atomic E-state index is 12.4. The van der Waals surface area contributed by atoms with E-state index in [4.69, 9.17) is 17.3 Å². The number of nitrogens with two attached hydrogens (primary N) is 1. The summed E-state index contributed by atoms with van der Waals surface area (Å²) < 4.78 is 0. The van der Waals surface area contributed by atoms with E-state index in [0.717, 1.165) is 24.3 Å². The van der Waals surface area contributed by atoms with Gasteiger partial charge in [0.15, 0.2) is 0 Å². The van der Waals surface area contributed by atoms with Crippen molar-refractivity contribution in [2.45, 2.75) is 36.0 Å². The quantitative estimate of drug-likeness (QED) is 0.873. The number of carbonyl (C=O) groups excluding carboxylic acids is 1. The van der Waals surface area contributed by atoms with E-state index in [9.17, 15) is 4.79 Å². The molecule has 1 aromatic rings. The molecule has 104 valence electrons. The van der Waals surface area contributed by atoms with Gasteiger partial charge in [0.25, 0.3) is 0 Å². The monoisotopic (exact) mass is 298 g/mol. The molecule has 1 fully saturated rings. The van der Waals surface area contributed by atoms with Crippen LogP contribution >= 0.6 is 23.4 Å². The highest BCUT2D eigenvalue weighted by Crippen LogP contribution is 2.31. The molecule has 0 aromatic heterocycles. The van der Waals surface area contributed by atoms with Crippen molar-refractivity contribution in [3.8, 4) is 0 Å². The van der Waals surface area contributed by atoms with Crippen LogP contribution in [0.1, 0.15) is 19.8 Å². The van der Waals surface area contributed by atoms with Gasteiger partial charge in [-0.3, -0.25) is 4.79 Å². The third kappa shape index (κ3) is 3.88. The van der Waals surface area contributed by atoms with Crippen LogP contribution < -0.4 is 5.73 Å². The average molecular weight is 299 g/mol. The summed E-state index contributed by atoms with van der Waals surface area (Å²) in [5.41, 5.74) is 5.92. The van der Waals surface area contributed by atoms with Gasteiger partial charge in [-0.05, 0) is 31.9 Å². The molecule has 3 nitrogen and oxygen atoms in total. The fraction of sp³-hybridized carbons (Fsp3) is 0.500. The highest BCUT2D eigenvalue weighted by Gasteiger charge is 2.26. The lowest BCUT2D eigenvalue weighted by molar-refractivity contribution is -0.131. The van der Waals surface area contributed by atoms with E-state index in [2.05, 4.69) is 0 Å². The van der Waals surface area contributed by atoms with Gasteiger partial charge in [0, 0.05) is 24.0 Å². The molecule has 0 saturated carbocycles. The Morgan fingerprint density at radius 2 is 2.26 bits per heavy atom. The smallest absolute Gasteiger partial charge is 0.235 e.